The second-order valence-electron chi connectivity index (χ2n) is 6.90. The van der Waals surface area contributed by atoms with E-state index in [1.807, 2.05) is 13.8 Å². The van der Waals surface area contributed by atoms with Gasteiger partial charge in [-0.25, -0.2) is 4.98 Å². The number of benzene rings is 1. The summed E-state index contributed by atoms with van der Waals surface area (Å²) < 4.78 is 1.51. The number of hydrogen-bond acceptors (Lipinski definition) is 5. The van der Waals surface area contributed by atoms with Gasteiger partial charge in [-0.2, -0.15) is 0 Å². The topological polar surface area (TPSA) is 67.2 Å². The predicted molar refractivity (Wildman–Crippen MR) is 120 cm³/mol. The number of aryl methyl sites for hydroxylation is 2. The lowest BCUT2D eigenvalue weighted by atomic mass is 10.2. The first-order valence-electron chi connectivity index (χ1n) is 9.61. The van der Waals surface area contributed by atoms with Gasteiger partial charge in [-0.3, -0.25) is 19.1 Å². The molecular weight excluding hydrogens is 408 g/mol. The number of carbonyl (C=O) groups excluding carboxylic acids is 1. The van der Waals surface area contributed by atoms with Crippen LogP contribution < -0.4 is 10.9 Å². The SMILES string of the molecule is CCN(CC)Cc1nc2sc(C)c(C)c2c(=O)n1CC(=O)Nc1ccc(Cl)cc1. The summed E-state index contributed by atoms with van der Waals surface area (Å²) in [4.78, 5) is 34.7. The second-order valence-corrected chi connectivity index (χ2v) is 8.54. The van der Waals surface area contributed by atoms with Crippen molar-refractivity contribution in [1.29, 1.82) is 0 Å². The van der Waals surface area contributed by atoms with E-state index in [0.717, 1.165) is 28.4 Å². The summed E-state index contributed by atoms with van der Waals surface area (Å²) in [6.07, 6.45) is 0. The number of nitrogens with zero attached hydrogens (tertiary/aromatic N) is 3. The normalized spacial score (nSPS) is 11.4. The zero-order valence-electron chi connectivity index (χ0n) is 17.1. The number of fused-ring (bicyclic) bond motifs is 1. The van der Waals surface area contributed by atoms with E-state index >= 15 is 0 Å². The van der Waals surface area contributed by atoms with Crippen molar-refractivity contribution in [3.8, 4) is 0 Å². The summed E-state index contributed by atoms with van der Waals surface area (Å²) in [5.74, 6) is 0.333. The molecule has 0 aliphatic rings. The molecule has 0 bridgehead atoms. The van der Waals surface area contributed by atoms with Crippen molar-refractivity contribution in [1.82, 2.24) is 14.5 Å². The van der Waals surface area contributed by atoms with Crippen LogP contribution in [-0.2, 0) is 17.9 Å². The van der Waals surface area contributed by atoms with Crippen LogP contribution >= 0.6 is 22.9 Å². The maximum absolute atomic E-state index is 13.3. The lowest BCUT2D eigenvalue weighted by Crippen LogP contribution is -2.34. The lowest BCUT2D eigenvalue weighted by molar-refractivity contribution is -0.116. The highest BCUT2D eigenvalue weighted by Gasteiger charge is 2.19. The maximum atomic E-state index is 13.3. The fraction of sp³-hybridized carbons (Fsp3) is 0.381. The van der Waals surface area contributed by atoms with E-state index in [-0.39, 0.29) is 18.0 Å². The Morgan fingerprint density at radius 2 is 1.86 bits per heavy atom. The molecule has 1 amide bonds. The van der Waals surface area contributed by atoms with Gasteiger partial charge in [0.25, 0.3) is 5.56 Å². The zero-order chi connectivity index (χ0) is 21.1. The molecule has 29 heavy (non-hydrogen) atoms. The third kappa shape index (κ3) is 4.69. The summed E-state index contributed by atoms with van der Waals surface area (Å²) in [6.45, 7) is 10.2. The number of anilines is 1. The standard InChI is InChI=1S/C21H25ClN4O2S/c1-5-25(6-2)11-17-24-20-19(13(3)14(4)29-20)21(28)26(17)12-18(27)23-16-9-7-15(22)8-10-16/h7-10H,5-6,11-12H2,1-4H3,(H,23,27). The van der Waals surface area contributed by atoms with E-state index < -0.39 is 0 Å². The van der Waals surface area contributed by atoms with Crippen LogP contribution in [-0.4, -0.2) is 33.4 Å². The number of rotatable bonds is 7. The van der Waals surface area contributed by atoms with Crippen LogP contribution in [0.25, 0.3) is 10.2 Å². The van der Waals surface area contributed by atoms with Gasteiger partial charge >= 0.3 is 0 Å². The number of amides is 1. The van der Waals surface area contributed by atoms with Gasteiger partial charge in [0.15, 0.2) is 0 Å². The Hall–Kier alpha value is -2.22. The first kappa shape index (κ1) is 21.5. The number of hydrogen-bond donors (Lipinski definition) is 1. The van der Waals surface area contributed by atoms with E-state index in [2.05, 4.69) is 24.1 Å². The summed E-state index contributed by atoms with van der Waals surface area (Å²) >= 11 is 7.42. The number of thiophene rings is 1. The molecule has 6 nitrogen and oxygen atoms in total. The fourth-order valence-corrected chi connectivity index (χ4v) is 4.34. The molecule has 0 unspecified atom stereocenters. The Balaban J connectivity index is 1.99. The summed E-state index contributed by atoms with van der Waals surface area (Å²) in [7, 11) is 0. The highest BCUT2D eigenvalue weighted by Crippen LogP contribution is 2.26. The molecule has 8 heteroatoms. The molecule has 154 valence electrons. The molecule has 0 atom stereocenters. The van der Waals surface area contributed by atoms with Gasteiger partial charge in [0.1, 0.15) is 17.2 Å². The molecule has 0 radical (unpaired) electrons. The van der Waals surface area contributed by atoms with Gasteiger partial charge in [0.05, 0.1) is 11.9 Å². The molecule has 0 spiro atoms. The molecule has 2 heterocycles. The Bertz CT molecular complexity index is 1080. The highest BCUT2D eigenvalue weighted by atomic mass is 35.5. The van der Waals surface area contributed by atoms with Crippen LogP contribution in [0.15, 0.2) is 29.1 Å². The van der Waals surface area contributed by atoms with E-state index in [9.17, 15) is 9.59 Å². The largest absolute Gasteiger partial charge is 0.325 e. The average Bonchev–Trinajstić information content (AvgIpc) is 2.98. The molecule has 0 saturated carbocycles. The molecule has 0 fully saturated rings. The number of carbonyl (C=O) groups is 1. The van der Waals surface area contributed by atoms with Crippen molar-refractivity contribution in [2.45, 2.75) is 40.8 Å². The smallest absolute Gasteiger partial charge is 0.263 e. The first-order chi connectivity index (χ1) is 13.8. The van der Waals surface area contributed by atoms with E-state index in [1.165, 1.54) is 15.9 Å². The Kier molecular flexibility index (Phi) is 6.72. The van der Waals surface area contributed by atoms with E-state index in [1.54, 1.807) is 24.3 Å². The maximum Gasteiger partial charge on any atom is 0.263 e. The number of halogens is 1. The molecule has 0 saturated heterocycles. The van der Waals surface area contributed by atoms with Crippen LogP contribution in [0.1, 0.15) is 30.1 Å². The van der Waals surface area contributed by atoms with Crippen LogP contribution in [0.3, 0.4) is 0 Å². The molecule has 0 aliphatic heterocycles. The van der Waals surface area contributed by atoms with Gasteiger partial charge in [-0.05, 0) is 56.8 Å². The molecule has 2 aromatic heterocycles. The second kappa shape index (κ2) is 9.07. The fourth-order valence-electron chi connectivity index (χ4n) is 3.18. The predicted octanol–water partition coefficient (Wildman–Crippen LogP) is 4.21. The van der Waals surface area contributed by atoms with E-state index in [0.29, 0.717) is 28.5 Å². The van der Waals surface area contributed by atoms with Crippen LogP contribution in [0.5, 0.6) is 0 Å². The van der Waals surface area contributed by atoms with Crippen molar-refractivity contribution in [2.75, 3.05) is 18.4 Å². The lowest BCUT2D eigenvalue weighted by Gasteiger charge is -2.20. The Morgan fingerprint density at radius 1 is 1.21 bits per heavy atom. The van der Waals surface area contributed by atoms with Gasteiger partial charge in [-0.15, -0.1) is 11.3 Å². The summed E-state index contributed by atoms with van der Waals surface area (Å²) in [5.41, 5.74) is 1.41. The number of nitrogens with one attached hydrogen (secondary N) is 1. The van der Waals surface area contributed by atoms with Crippen LogP contribution in [0.4, 0.5) is 5.69 Å². The summed E-state index contributed by atoms with van der Waals surface area (Å²) in [6, 6.07) is 6.88. The molecular formula is C21H25ClN4O2S. The van der Waals surface area contributed by atoms with Crippen LogP contribution in [0.2, 0.25) is 5.02 Å². The van der Waals surface area contributed by atoms with Gasteiger partial charge in [0, 0.05) is 15.6 Å². The molecule has 0 aliphatic carbocycles. The Labute approximate surface area is 179 Å². The molecule has 1 N–H and O–H groups in total. The van der Waals surface area contributed by atoms with Gasteiger partial charge < -0.3 is 5.32 Å². The van der Waals surface area contributed by atoms with Crippen molar-refractivity contribution in [3.05, 3.63) is 55.9 Å². The van der Waals surface area contributed by atoms with Gasteiger partial charge in [0.2, 0.25) is 5.91 Å². The molecule has 3 aromatic rings. The quantitative estimate of drug-likeness (QED) is 0.607. The highest BCUT2D eigenvalue weighted by molar-refractivity contribution is 7.18. The Morgan fingerprint density at radius 3 is 2.48 bits per heavy atom. The summed E-state index contributed by atoms with van der Waals surface area (Å²) in [5, 5.41) is 4.03. The van der Waals surface area contributed by atoms with E-state index in [4.69, 9.17) is 16.6 Å². The monoisotopic (exact) mass is 432 g/mol. The average molecular weight is 433 g/mol. The molecule has 1 aromatic carbocycles. The van der Waals surface area contributed by atoms with Crippen molar-refractivity contribution < 1.29 is 4.79 Å². The third-order valence-electron chi connectivity index (χ3n) is 5.06. The van der Waals surface area contributed by atoms with Crippen LogP contribution in [0, 0.1) is 13.8 Å². The van der Waals surface area contributed by atoms with Crippen molar-refractivity contribution >= 4 is 44.7 Å². The minimum atomic E-state index is -0.277. The minimum Gasteiger partial charge on any atom is -0.325 e. The molecule has 3 rings (SSSR count). The van der Waals surface area contributed by atoms with Crippen molar-refractivity contribution in [3.63, 3.8) is 0 Å². The van der Waals surface area contributed by atoms with Gasteiger partial charge in [-0.1, -0.05) is 25.4 Å². The zero-order valence-corrected chi connectivity index (χ0v) is 18.7. The third-order valence-corrected chi connectivity index (χ3v) is 6.41. The number of aromatic nitrogens is 2. The minimum absolute atomic E-state index is 0.0880. The first-order valence-corrected chi connectivity index (χ1v) is 10.8. The van der Waals surface area contributed by atoms with Crippen molar-refractivity contribution in [2.24, 2.45) is 0 Å².